The van der Waals surface area contributed by atoms with Gasteiger partial charge < -0.3 is 5.11 Å². The topological polar surface area (TPSA) is 43.8 Å². The van der Waals surface area contributed by atoms with Gasteiger partial charge in [0.05, 0.1) is 18.8 Å². The summed E-state index contributed by atoms with van der Waals surface area (Å²) in [6, 6.07) is 7.75. The van der Waals surface area contributed by atoms with Crippen LogP contribution in [0, 0.1) is 0 Å². The van der Waals surface area contributed by atoms with Crippen LogP contribution < -0.4 is 5.01 Å². The van der Waals surface area contributed by atoms with E-state index in [2.05, 4.69) is 15.9 Å². The summed E-state index contributed by atoms with van der Waals surface area (Å²) in [5, 5.41) is 12.4. The van der Waals surface area contributed by atoms with Crippen molar-refractivity contribution >= 4 is 27.5 Å². The maximum Gasteiger partial charge on any atom is 0.243 e. The Balaban J connectivity index is 2.27. The van der Waals surface area contributed by atoms with Crippen molar-refractivity contribution in [3.8, 4) is 0 Å². The first kappa shape index (κ1) is 11.4. The molecule has 1 N–H and O–H groups in total. The minimum Gasteiger partial charge on any atom is -0.394 e. The molecule has 1 aromatic rings. The highest BCUT2D eigenvalue weighted by molar-refractivity contribution is 9.10. The van der Waals surface area contributed by atoms with Gasteiger partial charge in [0, 0.05) is 17.4 Å². The molecule has 0 saturated carbocycles. The number of rotatable bonds is 3. The first-order valence-corrected chi connectivity index (χ1v) is 5.96. The molecule has 0 spiro atoms. The standard InChI is InChI=1S/C11H13BrN2O2/c12-9-3-1-2-4-10(9)13-6-5-11(16)14(13)7-8-15/h1-4,15H,5-8H2. The fourth-order valence-electron chi connectivity index (χ4n) is 1.84. The van der Waals surface area contributed by atoms with Gasteiger partial charge in [0.2, 0.25) is 5.91 Å². The summed E-state index contributed by atoms with van der Waals surface area (Å²) >= 11 is 3.46. The van der Waals surface area contributed by atoms with Crippen LogP contribution in [-0.4, -0.2) is 35.7 Å². The molecule has 0 radical (unpaired) electrons. The number of carbonyl (C=O) groups excluding carboxylic acids is 1. The molecule has 0 atom stereocenters. The average molecular weight is 285 g/mol. The highest BCUT2D eigenvalue weighted by Crippen LogP contribution is 2.29. The Hall–Kier alpha value is -1.07. The second-order valence-electron chi connectivity index (χ2n) is 3.57. The summed E-state index contributed by atoms with van der Waals surface area (Å²) in [4.78, 5) is 11.6. The van der Waals surface area contributed by atoms with Crippen molar-refractivity contribution in [2.75, 3.05) is 24.7 Å². The normalized spacial score (nSPS) is 16.0. The quantitative estimate of drug-likeness (QED) is 0.913. The van der Waals surface area contributed by atoms with E-state index in [-0.39, 0.29) is 12.5 Å². The van der Waals surface area contributed by atoms with Gasteiger partial charge in [0.15, 0.2) is 0 Å². The lowest BCUT2D eigenvalue weighted by atomic mass is 10.3. The van der Waals surface area contributed by atoms with Crippen molar-refractivity contribution in [3.05, 3.63) is 28.7 Å². The minimum atomic E-state index is -0.0211. The number of aliphatic hydroxyl groups excluding tert-OH is 1. The highest BCUT2D eigenvalue weighted by atomic mass is 79.9. The third-order valence-corrected chi connectivity index (χ3v) is 3.23. The largest absolute Gasteiger partial charge is 0.394 e. The zero-order valence-corrected chi connectivity index (χ0v) is 10.4. The van der Waals surface area contributed by atoms with Crippen LogP contribution in [0.3, 0.4) is 0 Å². The van der Waals surface area contributed by atoms with E-state index < -0.39 is 0 Å². The summed E-state index contributed by atoms with van der Waals surface area (Å²) in [5.41, 5.74) is 0.960. The molecule has 1 aromatic carbocycles. The Kier molecular flexibility index (Phi) is 3.46. The van der Waals surface area contributed by atoms with E-state index in [1.54, 1.807) is 5.01 Å². The number of β-amino-alcohol motifs (C(OH)–C–C–N with tert-alkyl or cyclic N) is 1. The molecule has 1 aliphatic rings. The van der Waals surface area contributed by atoms with E-state index in [1.165, 1.54) is 0 Å². The van der Waals surface area contributed by atoms with E-state index >= 15 is 0 Å². The SMILES string of the molecule is O=C1CCN(c2ccccc2Br)N1CCO. The van der Waals surface area contributed by atoms with E-state index in [0.717, 1.165) is 10.2 Å². The Morgan fingerprint density at radius 2 is 2.12 bits per heavy atom. The van der Waals surface area contributed by atoms with Crippen LogP contribution in [0.15, 0.2) is 28.7 Å². The van der Waals surface area contributed by atoms with E-state index in [4.69, 9.17) is 5.11 Å². The number of hydrogen-bond donors (Lipinski definition) is 1. The summed E-state index contributed by atoms with van der Waals surface area (Å²) in [6.45, 7) is 0.994. The minimum absolute atomic E-state index is 0.0211. The molecule has 1 fully saturated rings. The molecule has 1 amide bonds. The van der Waals surface area contributed by atoms with Gasteiger partial charge in [-0.15, -0.1) is 0 Å². The maximum absolute atomic E-state index is 11.6. The van der Waals surface area contributed by atoms with Crippen LogP contribution in [0.2, 0.25) is 0 Å². The van der Waals surface area contributed by atoms with Crippen molar-refractivity contribution < 1.29 is 9.90 Å². The summed E-state index contributed by atoms with van der Waals surface area (Å²) in [6.07, 6.45) is 0.501. The average Bonchev–Trinajstić information content (AvgIpc) is 2.62. The van der Waals surface area contributed by atoms with Crippen LogP contribution in [0.5, 0.6) is 0 Å². The molecule has 0 aliphatic carbocycles. The predicted molar refractivity (Wildman–Crippen MR) is 64.9 cm³/mol. The molecule has 0 bridgehead atoms. The number of aliphatic hydroxyl groups is 1. The van der Waals surface area contributed by atoms with Gasteiger partial charge in [0.25, 0.3) is 0 Å². The second kappa shape index (κ2) is 4.84. The summed E-state index contributed by atoms with van der Waals surface area (Å²) in [5.74, 6) is 0.0600. The monoisotopic (exact) mass is 284 g/mol. The molecule has 0 unspecified atom stereocenters. The molecular formula is C11H13BrN2O2. The molecule has 1 heterocycles. The number of carbonyl (C=O) groups is 1. The number of halogens is 1. The third-order valence-electron chi connectivity index (χ3n) is 2.56. The number of para-hydroxylation sites is 1. The van der Waals surface area contributed by atoms with Gasteiger partial charge >= 0.3 is 0 Å². The van der Waals surface area contributed by atoms with Crippen LogP contribution in [0.25, 0.3) is 0 Å². The number of hydrazine groups is 1. The van der Waals surface area contributed by atoms with Crippen molar-refractivity contribution in [1.29, 1.82) is 0 Å². The molecule has 4 nitrogen and oxygen atoms in total. The lowest BCUT2D eigenvalue weighted by molar-refractivity contribution is -0.128. The number of nitrogens with zero attached hydrogens (tertiary/aromatic N) is 2. The third kappa shape index (κ3) is 2.05. The van der Waals surface area contributed by atoms with Crippen LogP contribution in [0.1, 0.15) is 6.42 Å². The Morgan fingerprint density at radius 1 is 1.38 bits per heavy atom. The molecule has 2 rings (SSSR count). The molecule has 1 saturated heterocycles. The fourth-order valence-corrected chi connectivity index (χ4v) is 2.33. The smallest absolute Gasteiger partial charge is 0.243 e. The second-order valence-corrected chi connectivity index (χ2v) is 4.42. The number of hydrogen-bond acceptors (Lipinski definition) is 3. The van der Waals surface area contributed by atoms with Crippen molar-refractivity contribution in [3.63, 3.8) is 0 Å². The summed E-state index contributed by atoms with van der Waals surface area (Å²) in [7, 11) is 0. The van der Waals surface area contributed by atoms with Gasteiger partial charge in [0.1, 0.15) is 0 Å². The molecule has 1 aliphatic heterocycles. The fraction of sp³-hybridized carbons (Fsp3) is 0.364. The lowest BCUT2D eigenvalue weighted by Crippen LogP contribution is -2.41. The molecular weight excluding hydrogens is 272 g/mol. The van der Waals surface area contributed by atoms with Crippen molar-refractivity contribution in [2.45, 2.75) is 6.42 Å². The van der Waals surface area contributed by atoms with E-state index in [9.17, 15) is 4.79 Å². The number of anilines is 1. The lowest BCUT2D eigenvalue weighted by Gasteiger charge is -2.29. The van der Waals surface area contributed by atoms with Gasteiger partial charge in [-0.3, -0.25) is 14.8 Å². The number of benzene rings is 1. The first-order valence-electron chi connectivity index (χ1n) is 5.17. The van der Waals surface area contributed by atoms with Gasteiger partial charge in [-0.25, -0.2) is 0 Å². The molecule has 16 heavy (non-hydrogen) atoms. The molecule has 0 aromatic heterocycles. The number of amides is 1. The van der Waals surface area contributed by atoms with E-state index in [1.807, 2.05) is 29.3 Å². The van der Waals surface area contributed by atoms with Crippen LogP contribution in [0.4, 0.5) is 5.69 Å². The maximum atomic E-state index is 11.6. The van der Waals surface area contributed by atoms with Gasteiger partial charge in [-0.2, -0.15) is 0 Å². The van der Waals surface area contributed by atoms with Crippen LogP contribution in [-0.2, 0) is 4.79 Å². The Labute approximate surface area is 103 Å². The summed E-state index contributed by atoms with van der Waals surface area (Å²) < 4.78 is 0.952. The van der Waals surface area contributed by atoms with Gasteiger partial charge in [-0.1, -0.05) is 12.1 Å². The first-order chi connectivity index (χ1) is 7.74. The zero-order chi connectivity index (χ0) is 11.5. The zero-order valence-electron chi connectivity index (χ0n) is 8.77. The van der Waals surface area contributed by atoms with Gasteiger partial charge in [-0.05, 0) is 28.1 Å². The Morgan fingerprint density at radius 3 is 2.81 bits per heavy atom. The van der Waals surface area contributed by atoms with E-state index in [0.29, 0.717) is 19.5 Å². The van der Waals surface area contributed by atoms with Crippen molar-refractivity contribution in [1.82, 2.24) is 5.01 Å². The molecule has 5 heteroatoms. The van der Waals surface area contributed by atoms with Crippen molar-refractivity contribution in [2.24, 2.45) is 0 Å². The predicted octanol–water partition coefficient (Wildman–Crippen LogP) is 1.40. The molecule has 86 valence electrons. The van der Waals surface area contributed by atoms with Crippen LogP contribution >= 0.6 is 15.9 Å². The highest BCUT2D eigenvalue weighted by Gasteiger charge is 2.29. The Bertz CT molecular complexity index is 397.